The van der Waals surface area contributed by atoms with Crippen molar-refractivity contribution in [3.63, 3.8) is 0 Å². The highest BCUT2D eigenvalue weighted by Gasteiger charge is 2.02. The van der Waals surface area contributed by atoms with E-state index in [-0.39, 0.29) is 0 Å². The molecule has 3 nitrogen and oxygen atoms in total. The van der Waals surface area contributed by atoms with E-state index in [0.29, 0.717) is 0 Å². The molecule has 1 aromatic heterocycles. The maximum atomic E-state index is 4.03. The van der Waals surface area contributed by atoms with E-state index in [1.54, 1.807) is 6.20 Å². The van der Waals surface area contributed by atoms with Crippen LogP contribution in [-0.2, 0) is 0 Å². The predicted molar refractivity (Wildman–Crippen MR) is 56.5 cm³/mol. The van der Waals surface area contributed by atoms with Crippen LogP contribution in [0.3, 0.4) is 0 Å². The molecule has 1 aromatic carbocycles. The van der Waals surface area contributed by atoms with Crippen LogP contribution in [0.1, 0.15) is 0 Å². The van der Waals surface area contributed by atoms with Gasteiger partial charge in [-0.05, 0) is 24.3 Å². The first-order valence-corrected chi connectivity index (χ1v) is 4.44. The Morgan fingerprint density at radius 1 is 1.00 bits per heavy atom. The van der Waals surface area contributed by atoms with Gasteiger partial charge in [0.1, 0.15) is 0 Å². The second kappa shape index (κ2) is 3.87. The molecule has 0 atom stereocenters. The Hall–Kier alpha value is -1.90. The standard InChI is InChI=1S/C11H11N3/c1-14(10-6-3-2-4-7-10)11-8-5-9-12-13-11/h2-9H,1H3. The summed E-state index contributed by atoms with van der Waals surface area (Å²) in [5.74, 6) is 0.846. The summed E-state index contributed by atoms with van der Waals surface area (Å²) in [6.45, 7) is 0. The van der Waals surface area contributed by atoms with Gasteiger partial charge >= 0.3 is 0 Å². The summed E-state index contributed by atoms with van der Waals surface area (Å²) in [4.78, 5) is 1.99. The third-order valence-electron chi connectivity index (χ3n) is 2.05. The van der Waals surface area contributed by atoms with Crippen LogP contribution in [0.25, 0.3) is 0 Å². The smallest absolute Gasteiger partial charge is 0.155 e. The lowest BCUT2D eigenvalue weighted by Crippen LogP contribution is -2.11. The summed E-state index contributed by atoms with van der Waals surface area (Å²) >= 11 is 0. The SMILES string of the molecule is CN(c1ccccc1)c1cccnn1. The van der Waals surface area contributed by atoms with E-state index < -0.39 is 0 Å². The topological polar surface area (TPSA) is 29.0 Å². The first-order valence-electron chi connectivity index (χ1n) is 4.44. The second-order valence-electron chi connectivity index (χ2n) is 2.98. The Morgan fingerprint density at radius 3 is 2.43 bits per heavy atom. The van der Waals surface area contributed by atoms with Gasteiger partial charge in [0.15, 0.2) is 5.82 Å². The van der Waals surface area contributed by atoms with Crippen molar-refractivity contribution in [1.29, 1.82) is 0 Å². The van der Waals surface area contributed by atoms with E-state index >= 15 is 0 Å². The van der Waals surface area contributed by atoms with Crippen molar-refractivity contribution in [2.45, 2.75) is 0 Å². The fraction of sp³-hybridized carbons (Fsp3) is 0.0909. The molecule has 14 heavy (non-hydrogen) atoms. The molecule has 0 N–H and O–H groups in total. The maximum Gasteiger partial charge on any atom is 0.155 e. The van der Waals surface area contributed by atoms with Gasteiger partial charge < -0.3 is 4.90 Å². The molecule has 0 fully saturated rings. The van der Waals surface area contributed by atoms with Gasteiger partial charge in [0.05, 0.1) is 0 Å². The van der Waals surface area contributed by atoms with Crippen LogP contribution in [0.15, 0.2) is 48.7 Å². The van der Waals surface area contributed by atoms with Crippen LogP contribution < -0.4 is 4.90 Å². The van der Waals surface area contributed by atoms with E-state index in [4.69, 9.17) is 0 Å². The molecule has 70 valence electrons. The van der Waals surface area contributed by atoms with E-state index in [1.165, 1.54) is 0 Å². The third kappa shape index (κ3) is 1.71. The number of anilines is 2. The minimum Gasteiger partial charge on any atom is -0.328 e. The highest BCUT2D eigenvalue weighted by molar-refractivity contribution is 5.57. The largest absolute Gasteiger partial charge is 0.328 e. The molecule has 0 saturated heterocycles. The molecule has 0 radical (unpaired) electrons. The van der Waals surface area contributed by atoms with Crippen molar-refractivity contribution in [2.75, 3.05) is 11.9 Å². The quantitative estimate of drug-likeness (QED) is 0.718. The summed E-state index contributed by atoms with van der Waals surface area (Å²) in [6, 6.07) is 13.9. The lowest BCUT2D eigenvalue weighted by Gasteiger charge is -2.16. The maximum absolute atomic E-state index is 4.03. The highest BCUT2D eigenvalue weighted by Crippen LogP contribution is 2.19. The van der Waals surface area contributed by atoms with Crippen molar-refractivity contribution in [3.05, 3.63) is 48.7 Å². The first kappa shape index (κ1) is 8.69. The van der Waals surface area contributed by atoms with Crippen LogP contribution >= 0.6 is 0 Å². The first-order chi connectivity index (χ1) is 6.88. The summed E-state index contributed by atoms with van der Waals surface area (Å²) in [7, 11) is 1.97. The van der Waals surface area contributed by atoms with Crippen LogP contribution in [0.2, 0.25) is 0 Å². The number of rotatable bonds is 2. The molecule has 0 unspecified atom stereocenters. The van der Waals surface area contributed by atoms with Gasteiger partial charge in [-0.1, -0.05) is 18.2 Å². The lowest BCUT2D eigenvalue weighted by atomic mass is 10.3. The van der Waals surface area contributed by atoms with Gasteiger partial charge in [-0.25, -0.2) is 0 Å². The van der Waals surface area contributed by atoms with Crippen LogP contribution in [0.4, 0.5) is 11.5 Å². The molecular weight excluding hydrogens is 174 g/mol. The number of hydrogen-bond acceptors (Lipinski definition) is 3. The van der Waals surface area contributed by atoms with Crippen molar-refractivity contribution >= 4 is 11.5 Å². The zero-order valence-electron chi connectivity index (χ0n) is 7.96. The molecule has 1 heterocycles. The van der Waals surface area contributed by atoms with Crippen molar-refractivity contribution in [1.82, 2.24) is 10.2 Å². The fourth-order valence-electron chi connectivity index (χ4n) is 1.26. The van der Waals surface area contributed by atoms with Gasteiger partial charge in [-0.15, -0.1) is 5.10 Å². The van der Waals surface area contributed by atoms with Crippen molar-refractivity contribution < 1.29 is 0 Å². The number of para-hydroxylation sites is 1. The minimum absolute atomic E-state index is 0.846. The molecule has 0 aliphatic carbocycles. The average Bonchev–Trinajstić information content (AvgIpc) is 2.30. The Morgan fingerprint density at radius 2 is 1.79 bits per heavy atom. The third-order valence-corrected chi connectivity index (χ3v) is 2.05. The summed E-state index contributed by atoms with van der Waals surface area (Å²) in [5, 5.41) is 7.87. The molecule has 0 bridgehead atoms. The Bertz CT molecular complexity index is 346. The highest BCUT2D eigenvalue weighted by atomic mass is 15.2. The van der Waals surface area contributed by atoms with Crippen molar-refractivity contribution in [2.24, 2.45) is 0 Å². The zero-order valence-corrected chi connectivity index (χ0v) is 7.96. The monoisotopic (exact) mass is 185 g/mol. The molecule has 0 spiro atoms. The Balaban J connectivity index is 2.30. The molecule has 2 aromatic rings. The van der Waals surface area contributed by atoms with E-state index in [0.717, 1.165) is 11.5 Å². The van der Waals surface area contributed by atoms with Gasteiger partial charge in [0.2, 0.25) is 0 Å². The minimum atomic E-state index is 0.846. The predicted octanol–water partition coefficient (Wildman–Crippen LogP) is 2.24. The molecular formula is C11H11N3. The molecule has 0 aliphatic heterocycles. The Labute approximate surface area is 83.0 Å². The van der Waals surface area contributed by atoms with Gasteiger partial charge in [0.25, 0.3) is 0 Å². The lowest BCUT2D eigenvalue weighted by molar-refractivity contribution is 0.987. The van der Waals surface area contributed by atoms with Crippen LogP contribution in [0.5, 0.6) is 0 Å². The van der Waals surface area contributed by atoms with E-state index in [1.807, 2.05) is 54.4 Å². The van der Waals surface area contributed by atoms with Crippen LogP contribution in [-0.4, -0.2) is 17.2 Å². The molecule has 0 aliphatic rings. The van der Waals surface area contributed by atoms with Gasteiger partial charge in [-0.2, -0.15) is 5.10 Å². The number of aromatic nitrogens is 2. The average molecular weight is 185 g/mol. The molecule has 2 rings (SSSR count). The second-order valence-corrected chi connectivity index (χ2v) is 2.98. The summed E-state index contributed by atoms with van der Waals surface area (Å²) in [6.07, 6.45) is 1.67. The van der Waals surface area contributed by atoms with E-state index in [2.05, 4.69) is 10.2 Å². The number of nitrogens with zero attached hydrogens (tertiary/aromatic N) is 3. The summed E-state index contributed by atoms with van der Waals surface area (Å²) in [5.41, 5.74) is 1.10. The number of hydrogen-bond donors (Lipinski definition) is 0. The number of benzene rings is 1. The van der Waals surface area contributed by atoms with Crippen molar-refractivity contribution in [3.8, 4) is 0 Å². The van der Waals surface area contributed by atoms with Gasteiger partial charge in [0, 0.05) is 18.9 Å². The van der Waals surface area contributed by atoms with Crippen LogP contribution in [0, 0.1) is 0 Å². The normalized spacial score (nSPS) is 9.79. The molecule has 0 amide bonds. The van der Waals surface area contributed by atoms with E-state index in [9.17, 15) is 0 Å². The van der Waals surface area contributed by atoms with Gasteiger partial charge in [-0.3, -0.25) is 0 Å². The Kier molecular flexibility index (Phi) is 2.40. The molecule has 0 saturated carbocycles. The molecule has 3 heteroatoms. The zero-order chi connectivity index (χ0) is 9.80. The summed E-state index contributed by atoms with van der Waals surface area (Å²) < 4.78 is 0. The fourth-order valence-corrected chi connectivity index (χ4v) is 1.26.